The molecule has 3 rings (SSSR count). The lowest BCUT2D eigenvalue weighted by Crippen LogP contribution is -2.28. The van der Waals surface area contributed by atoms with Crippen molar-refractivity contribution in [3.63, 3.8) is 0 Å². The monoisotopic (exact) mass is 347 g/mol. The summed E-state index contributed by atoms with van der Waals surface area (Å²) in [6.45, 7) is 7.50. The Labute approximate surface area is 147 Å². The molecule has 5 nitrogen and oxygen atoms in total. The van der Waals surface area contributed by atoms with Gasteiger partial charge in [-0.25, -0.2) is 9.78 Å². The number of pyridine rings is 1. The van der Waals surface area contributed by atoms with Crippen molar-refractivity contribution >= 4 is 17.6 Å². The summed E-state index contributed by atoms with van der Waals surface area (Å²) in [5.74, 6) is -0.241. The first-order valence-electron chi connectivity index (χ1n) is 8.27. The third-order valence-corrected chi connectivity index (χ3v) is 4.52. The van der Waals surface area contributed by atoms with Crippen LogP contribution in [0.5, 0.6) is 0 Å². The third-order valence-electron chi connectivity index (χ3n) is 4.29. The molecule has 0 aliphatic carbocycles. The molecule has 0 amide bonds. The van der Waals surface area contributed by atoms with E-state index in [1.54, 1.807) is 18.3 Å². The van der Waals surface area contributed by atoms with Crippen molar-refractivity contribution < 1.29 is 9.53 Å². The summed E-state index contributed by atoms with van der Waals surface area (Å²) in [5.41, 5.74) is 3.10. The zero-order valence-corrected chi connectivity index (χ0v) is 14.4. The van der Waals surface area contributed by atoms with E-state index in [0.29, 0.717) is 24.7 Å². The average molecular weight is 348 g/mol. The highest BCUT2D eigenvalue weighted by molar-refractivity contribution is 6.29. The summed E-state index contributed by atoms with van der Waals surface area (Å²) in [6, 6.07) is 3.72. The van der Waals surface area contributed by atoms with Crippen molar-refractivity contribution in [2.75, 3.05) is 19.6 Å². The van der Waals surface area contributed by atoms with E-state index < -0.39 is 0 Å². The van der Waals surface area contributed by atoms with Crippen LogP contribution < -0.4 is 5.32 Å². The molecular formula is C18H22ClN3O2. The number of aromatic nitrogens is 1. The standard InChI is InChI=1S/C18H22ClN3O2/c1-13(10-20-11-14-4-5-17(19)21-12-14)8-16-15(9-18(23)24-16)22-6-2-3-7-22/h4-5,9,12,16,20H,1-3,6-8,10-11H2/t16-/m1/s1. The number of ether oxygens (including phenoxy) is 1. The summed E-state index contributed by atoms with van der Waals surface area (Å²) in [4.78, 5) is 18.0. The number of rotatable bonds is 7. The second kappa shape index (κ2) is 7.81. The van der Waals surface area contributed by atoms with E-state index in [9.17, 15) is 4.79 Å². The molecule has 0 bridgehead atoms. The largest absolute Gasteiger partial charge is 0.452 e. The number of carbonyl (C=O) groups is 1. The highest BCUT2D eigenvalue weighted by atomic mass is 35.5. The minimum Gasteiger partial charge on any atom is -0.452 e. The Kier molecular flexibility index (Phi) is 5.53. The van der Waals surface area contributed by atoms with Gasteiger partial charge in [0, 0.05) is 44.9 Å². The van der Waals surface area contributed by atoms with Crippen molar-refractivity contribution in [2.24, 2.45) is 0 Å². The van der Waals surface area contributed by atoms with Crippen LogP contribution in [0, 0.1) is 0 Å². The Morgan fingerprint density at radius 3 is 2.92 bits per heavy atom. The van der Waals surface area contributed by atoms with Gasteiger partial charge in [-0.3, -0.25) is 0 Å². The van der Waals surface area contributed by atoms with E-state index in [-0.39, 0.29) is 12.1 Å². The third kappa shape index (κ3) is 4.36. The van der Waals surface area contributed by atoms with Crippen LogP contribution in [0.15, 0.2) is 42.3 Å². The first-order chi connectivity index (χ1) is 11.6. The van der Waals surface area contributed by atoms with Crippen LogP contribution in [-0.4, -0.2) is 41.6 Å². The maximum atomic E-state index is 11.6. The van der Waals surface area contributed by atoms with Crippen LogP contribution in [0.1, 0.15) is 24.8 Å². The van der Waals surface area contributed by atoms with Crippen molar-refractivity contribution in [3.05, 3.63) is 53.0 Å². The van der Waals surface area contributed by atoms with Crippen molar-refractivity contribution in [1.29, 1.82) is 0 Å². The van der Waals surface area contributed by atoms with Gasteiger partial charge < -0.3 is 15.0 Å². The molecule has 1 N–H and O–H groups in total. The molecule has 3 heterocycles. The Bertz CT molecular complexity index is 636. The second-order valence-corrected chi connectivity index (χ2v) is 6.62. The summed E-state index contributed by atoms with van der Waals surface area (Å²) in [6.07, 6.45) is 6.20. The maximum Gasteiger partial charge on any atom is 0.333 e. The van der Waals surface area contributed by atoms with Gasteiger partial charge in [-0.05, 0) is 24.5 Å². The lowest BCUT2D eigenvalue weighted by Gasteiger charge is -2.24. The highest BCUT2D eigenvalue weighted by Crippen LogP contribution is 2.27. The summed E-state index contributed by atoms with van der Waals surface area (Å²) in [5, 5.41) is 3.83. The Balaban J connectivity index is 1.46. The van der Waals surface area contributed by atoms with Crippen LogP contribution in [0.2, 0.25) is 5.15 Å². The molecule has 2 aliphatic heterocycles. The molecule has 1 saturated heterocycles. The molecular weight excluding hydrogens is 326 g/mol. The minimum absolute atomic E-state index is 0.193. The lowest BCUT2D eigenvalue weighted by molar-refractivity contribution is -0.138. The van der Waals surface area contributed by atoms with Crippen molar-refractivity contribution in [2.45, 2.75) is 31.9 Å². The first kappa shape index (κ1) is 17.0. The molecule has 1 aromatic rings. The summed E-state index contributed by atoms with van der Waals surface area (Å²) in [7, 11) is 0. The molecule has 1 fully saturated rings. The van der Waals surface area contributed by atoms with Crippen molar-refractivity contribution in [3.8, 4) is 0 Å². The molecule has 0 spiro atoms. The molecule has 0 aromatic carbocycles. The summed E-state index contributed by atoms with van der Waals surface area (Å²) >= 11 is 5.77. The van der Waals surface area contributed by atoms with E-state index >= 15 is 0 Å². The van der Waals surface area contributed by atoms with Gasteiger partial charge in [0.2, 0.25) is 0 Å². The van der Waals surface area contributed by atoms with E-state index in [1.165, 1.54) is 12.8 Å². The fourth-order valence-electron chi connectivity index (χ4n) is 3.09. The van der Waals surface area contributed by atoms with Crippen LogP contribution in [0.4, 0.5) is 0 Å². The van der Waals surface area contributed by atoms with Gasteiger partial charge in [0.05, 0.1) is 5.70 Å². The molecule has 24 heavy (non-hydrogen) atoms. The molecule has 0 saturated carbocycles. The SMILES string of the molecule is C=C(CNCc1ccc(Cl)nc1)C[C@H]1OC(=O)C=C1N1CCCC1. The number of cyclic esters (lactones) is 1. The van der Waals surface area contributed by atoms with Crippen molar-refractivity contribution in [1.82, 2.24) is 15.2 Å². The van der Waals surface area contributed by atoms with Gasteiger partial charge >= 0.3 is 5.97 Å². The van der Waals surface area contributed by atoms with Crippen LogP contribution in [0.25, 0.3) is 0 Å². The zero-order valence-electron chi connectivity index (χ0n) is 13.6. The van der Waals surface area contributed by atoms with E-state index in [0.717, 1.165) is 29.9 Å². The van der Waals surface area contributed by atoms with Crippen LogP contribution in [0.3, 0.4) is 0 Å². The number of hydrogen-bond acceptors (Lipinski definition) is 5. The maximum absolute atomic E-state index is 11.6. The normalized spacial score (nSPS) is 20.2. The minimum atomic E-state index is -0.241. The number of carbonyl (C=O) groups excluding carboxylic acids is 1. The van der Waals surface area contributed by atoms with E-state index in [4.69, 9.17) is 16.3 Å². The zero-order chi connectivity index (χ0) is 16.9. The van der Waals surface area contributed by atoms with Crippen LogP contribution in [-0.2, 0) is 16.1 Å². The predicted octanol–water partition coefficient (Wildman–Crippen LogP) is 2.68. The number of halogens is 1. The van der Waals surface area contributed by atoms with E-state index in [1.807, 2.05) is 6.07 Å². The number of nitrogens with one attached hydrogen (secondary N) is 1. The van der Waals surface area contributed by atoms with Gasteiger partial charge in [-0.15, -0.1) is 0 Å². The first-order valence-corrected chi connectivity index (χ1v) is 8.64. The molecule has 6 heteroatoms. The average Bonchev–Trinajstić information content (AvgIpc) is 3.19. The Hall–Kier alpha value is -1.85. The van der Waals surface area contributed by atoms with Gasteiger partial charge in [0.15, 0.2) is 0 Å². The number of nitrogens with zero attached hydrogens (tertiary/aromatic N) is 2. The lowest BCUT2D eigenvalue weighted by atomic mass is 10.1. The van der Waals surface area contributed by atoms with Gasteiger partial charge in [0.25, 0.3) is 0 Å². The number of likely N-dealkylation sites (tertiary alicyclic amines) is 1. The molecule has 1 atom stereocenters. The highest BCUT2D eigenvalue weighted by Gasteiger charge is 2.31. The number of hydrogen-bond donors (Lipinski definition) is 1. The Morgan fingerprint density at radius 1 is 1.42 bits per heavy atom. The second-order valence-electron chi connectivity index (χ2n) is 6.24. The topological polar surface area (TPSA) is 54.5 Å². The predicted molar refractivity (Wildman–Crippen MR) is 93.5 cm³/mol. The smallest absolute Gasteiger partial charge is 0.333 e. The fraction of sp³-hybridized carbons (Fsp3) is 0.444. The van der Waals surface area contributed by atoms with E-state index in [2.05, 4.69) is 21.8 Å². The number of esters is 1. The fourth-order valence-corrected chi connectivity index (χ4v) is 3.21. The van der Waals surface area contributed by atoms with Gasteiger partial charge in [-0.2, -0.15) is 0 Å². The Morgan fingerprint density at radius 2 is 2.21 bits per heavy atom. The summed E-state index contributed by atoms with van der Waals surface area (Å²) < 4.78 is 5.45. The molecule has 0 radical (unpaired) electrons. The molecule has 2 aliphatic rings. The quantitative estimate of drug-likeness (QED) is 0.467. The van der Waals surface area contributed by atoms with Crippen LogP contribution >= 0.6 is 11.6 Å². The van der Waals surface area contributed by atoms with Gasteiger partial charge in [0.1, 0.15) is 11.3 Å². The molecule has 1 aromatic heterocycles. The van der Waals surface area contributed by atoms with Gasteiger partial charge in [-0.1, -0.05) is 29.8 Å². The molecule has 0 unspecified atom stereocenters. The molecule has 128 valence electrons.